The first-order valence-electron chi connectivity index (χ1n) is 4.61. The van der Waals surface area contributed by atoms with Crippen LogP contribution in [-0.2, 0) is 17.6 Å². The van der Waals surface area contributed by atoms with Gasteiger partial charge in [0.1, 0.15) is 5.44 Å². The molecule has 1 aromatic rings. The molecule has 0 saturated heterocycles. The van der Waals surface area contributed by atoms with Crippen LogP contribution in [0, 0.1) is 0 Å². The third-order valence-electron chi connectivity index (χ3n) is 2.44. The van der Waals surface area contributed by atoms with Crippen LogP contribution in [0.3, 0.4) is 0 Å². The van der Waals surface area contributed by atoms with Crippen LogP contribution < -0.4 is 0 Å². The second-order valence-electron chi connectivity index (χ2n) is 3.26. The van der Waals surface area contributed by atoms with E-state index in [0.717, 1.165) is 6.42 Å². The summed E-state index contributed by atoms with van der Waals surface area (Å²) in [5, 5.41) is 0. The summed E-state index contributed by atoms with van der Waals surface area (Å²) >= 11 is 1.92. The van der Waals surface area contributed by atoms with Crippen LogP contribution in [0.4, 0.5) is 0 Å². The molecule has 2 rings (SSSR count). The minimum Gasteiger partial charge on any atom is -0.370 e. The predicted octanol–water partition coefficient (Wildman–Crippen LogP) is 2.49. The Morgan fingerprint density at radius 2 is 2.08 bits per heavy atom. The van der Waals surface area contributed by atoms with E-state index in [0.29, 0.717) is 5.44 Å². The molecule has 1 nitrogen and oxygen atoms in total. The minimum atomic E-state index is 0.351. The van der Waals surface area contributed by atoms with Crippen molar-refractivity contribution in [3.8, 4) is 0 Å². The van der Waals surface area contributed by atoms with Gasteiger partial charge in [0.05, 0.1) is 0 Å². The Kier molecular flexibility index (Phi) is 2.91. The van der Waals surface area contributed by atoms with Crippen LogP contribution in [0.1, 0.15) is 11.1 Å². The summed E-state index contributed by atoms with van der Waals surface area (Å²) in [4.78, 5) is 0. The van der Waals surface area contributed by atoms with Gasteiger partial charge in [0.25, 0.3) is 0 Å². The summed E-state index contributed by atoms with van der Waals surface area (Å²) in [6.45, 7) is 0. The van der Waals surface area contributed by atoms with Gasteiger partial charge in [-0.15, -0.1) is 11.8 Å². The lowest BCUT2D eigenvalue weighted by atomic mass is 10.0. The van der Waals surface area contributed by atoms with Crippen molar-refractivity contribution >= 4 is 11.8 Å². The molecule has 0 bridgehead atoms. The van der Waals surface area contributed by atoms with E-state index in [1.807, 2.05) is 11.8 Å². The zero-order valence-electron chi connectivity index (χ0n) is 7.82. The average molecular weight is 194 g/mol. The molecule has 1 aliphatic rings. The number of hydrogen-bond acceptors (Lipinski definition) is 2. The molecule has 1 aliphatic heterocycles. The lowest BCUT2D eigenvalue weighted by Gasteiger charge is -2.11. The normalized spacial score (nSPS) is 22.1. The van der Waals surface area contributed by atoms with Crippen molar-refractivity contribution < 1.29 is 4.74 Å². The maximum atomic E-state index is 5.39. The van der Waals surface area contributed by atoms with E-state index in [-0.39, 0.29) is 0 Å². The summed E-state index contributed by atoms with van der Waals surface area (Å²) in [5.41, 5.74) is 3.30. The maximum Gasteiger partial charge on any atom is 0.106 e. The zero-order chi connectivity index (χ0) is 9.10. The monoisotopic (exact) mass is 194 g/mol. The van der Waals surface area contributed by atoms with Crippen molar-refractivity contribution in [3.63, 3.8) is 0 Å². The number of methoxy groups -OCH3 is 1. The summed E-state index contributed by atoms with van der Waals surface area (Å²) in [6.07, 6.45) is 2.23. The number of thioether (sulfide) groups is 1. The smallest absolute Gasteiger partial charge is 0.106 e. The molecule has 2 heteroatoms. The van der Waals surface area contributed by atoms with Gasteiger partial charge >= 0.3 is 0 Å². The number of ether oxygens (including phenoxy) is 1. The molecular formula is C11H14OS. The number of aryl methyl sites for hydroxylation is 1. The van der Waals surface area contributed by atoms with Gasteiger partial charge in [-0.05, 0) is 23.3 Å². The van der Waals surface area contributed by atoms with Gasteiger partial charge in [-0.2, -0.15) is 0 Å². The highest BCUT2D eigenvalue weighted by Crippen LogP contribution is 2.25. The van der Waals surface area contributed by atoms with Crippen LogP contribution in [0.5, 0.6) is 0 Å². The van der Waals surface area contributed by atoms with Crippen molar-refractivity contribution in [1.82, 2.24) is 0 Å². The molecule has 0 N–H and O–H groups in total. The Bertz CT molecular complexity index is 285. The molecule has 0 radical (unpaired) electrons. The first-order valence-corrected chi connectivity index (χ1v) is 5.66. The molecule has 1 aromatic carbocycles. The Morgan fingerprint density at radius 1 is 1.31 bits per heavy atom. The second kappa shape index (κ2) is 4.16. The van der Waals surface area contributed by atoms with E-state index in [1.54, 1.807) is 7.11 Å². The minimum absolute atomic E-state index is 0.351. The van der Waals surface area contributed by atoms with Crippen molar-refractivity contribution in [2.24, 2.45) is 0 Å². The standard InChI is InChI=1S/C11H14OS/c1-12-11-8-10-5-3-2-4-9(10)6-7-13-11/h2-5,11H,6-8H2,1H3. The van der Waals surface area contributed by atoms with Gasteiger partial charge in [-0.25, -0.2) is 0 Å². The van der Waals surface area contributed by atoms with Crippen molar-refractivity contribution in [2.75, 3.05) is 12.9 Å². The van der Waals surface area contributed by atoms with Gasteiger partial charge < -0.3 is 4.74 Å². The summed E-state index contributed by atoms with van der Waals surface area (Å²) in [7, 11) is 1.80. The highest BCUT2D eigenvalue weighted by Gasteiger charge is 2.15. The lowest BCUT2D eigenvalue weighted by Crippen LogP contribution is -2.08. The van der Waals surface area contributed by atoms with Gasteiger partial charge in [0, 0.05) is 13.5 Å². The highest BCUT2D eigenvalue weighted by molar-refractivity contribution is 7.99. The molecular weight excluding hydrogens is 180 g/mol. The van der Waals surface area contributed by atoms with Crippen LogP contribution in [0.15, 0.2) is 24.3 Å². The van der Waals surface area contributed by atoms with E-state index >= 15 is 0 Å². The molecule has 0 aromatic heterocycles. The van der Waals surface area contributed by atoms with Crippen molar-refractivity contribution in [1.29, 1.82) is 0 Å². The van der Waals surface area contributed by atoms with Crippen molar-refractivity contribution in [3.05, 3.63) is 35.4 Å². The van der Waals surface area contributed by atoms with Crippen LogP contribution >= 0.6 is 11.8 Å². The molecule has 1 unspecified atom stereocenters. The van der Waals surface area contributed by atoms with E-state index in [9.17, 15) is 0 Å². The zero-order valence-corrected chi connectivity index (χ0v) is 8.64. The van der Waals surface area contributed by atoms with Crippen LogP contribution in [-0.4, -0.2) is 18.3 Å². The molecule has 70 valence electrons. The lowest BCUT2D eigenvalue weighted by molar-refractivity contribution is 0.174. The largest absolute Gasteiger partial charge is 0.370 e. The van der Waals surface area contributed by atoms with Crippen LogP contribution in [0.25, 0.3) is 0 Å². The molecule has 0 spiro atoms. The van der Waals surface area contributed by atoms with E-state index < -0.39 is 0 Å². The maximum absolute atomic E-state index is 5.39. The third kappa shape index (κ3) is 2.06. The fourth-order valence-corrected chi connectivity index (χ4v) is 2.72. The molecule has 1 atom stereocenters. The topological polar surface area (TPSA) is 9.23 Å². The predicted molar refractivity (Wildman–Crippen MR) is 57.1 cm³/mol. The molecule has 0 saturated carbocycles. The number of fused-ring (bicyclic) bond motifs is 1. The first kappa shape index (κ1) is 9.10. The van der Waals surface area contributed by atoms with E-state index in [2.05, 4.69) is 24.3 Å². The molecule has 0 fully saturated rings. The number of benzene rings is 1. The summed E-state index contributed by atoms with van der Waals surface area (Å²) in [5.74, 6) is 1.18. The summed E-state index contributed by atoms with van der Waals surface area (Å²) < 4.78 is 5.39. The molecule has 0 amide bonds. The summed E-state index contributed by atoms with van der Waals surface area (Å²) in [6, 6.07) is 8.68. The van der Waals surface area contributed by atoms with Gasteiger partial charge in [-0.1, -0.05) is 24.3 Å². The van der Waals surface area contributed by atoms with Gasteiger partial charge in [0.15, 0.2) is 0 Å². The number of hydrogen-bond donors (Lipinski definition) is 0. The Morgan fingerprint density at radius 3 is 2.85 bits per heavy atom. The van der Waals surface area contributed by atoms with Gasteiger partial charge in [0.2, 0.25) is 0 Å². The fraction of sp³-hybridized carbons (Fsp3) is 0.455. The Balaban J connectivity index is 2.23. The molecule has 1 heterocycles. The average Bonchev–Trinajstić information content (AvgIpc) is 2.38. The van der Waals surface area contributed by atoms with Gasteiger partial charge in [-0.3, -0.25) is 0 Å². The second-order valence-corrected chi connectivity index (χ2v) is 4.53. The fourth-order valence-electron chi connectivity index (χ4n) is 1.69. The first-order chi connectivity index (χ1) is 6.40. The molecule has 13 heavy (non-hydrogen) atoms. The Labute approximate surface area is 83.5 Å². The Hall–Kier alpha value is -0.470. The van der Waals surface area contributed by atoms with Crippen molar-refractivity contribution in [2.45, 2.75) is 18.3 Å². The SMILES string of the molecule is COC1Cc2ccccc2CCS1. The van der Waals surface area contributed by atoms with E-state index in [4.69, 9.17) is 4.74 Å². The highest BCUT2D eigenvalue weighted by atomic mass is 32.2. The molecule has 0 aliphatic carbocycles. The van der Waals surface area contributed by atoms with Crippen LogP contribution in [0.2, 0.25) is 0 Å². The number of rotatable bonds is 1. The quantitative estimate of drug-likeness (QED) is 0.679. The third-order valence-corrected chi connectivity index (χ3v) is 3.61. The van der Waals surface area contributed by atoms with E-state index in [1.165, 1.54) is 23.3 Å².